The smallest absolute Gasteiger partial charge is 0.432 e. The zero-order valence-electron chi connectivity index (χ0n) is 8.58. The summed E-state index contributed by atoms with van der Waals surface area (Å²) in [6.07, 6.45) is -5.18. The third-order valence-corrected chi connectivity index (χ3v) is 2.77. The SMILES string of the molecule is O=C1Oc2cc3c(cc2[C@@]1(O)C(F)(F)F)OCO3. The number of halogens is 3. The lowest BCUT2D eigenvalue weighted by atomic mass is 9.94. The van der Waals surface area contributed by atoms with Crippen LogP contribution in [-0.2, 0) is 10.4 Å². The Bertz CT molecular complexity index is 553. The van der Waals surface area contributed by atoms with E-state index in [4.69, 9.17) is 9.47 Å². The second-order valence-corrected chi connectivity index (χ2v) is 3.80. The van der Waals surface area contributed by atoms with Gasteiger partial charge in [-0.3, -0.25) is 0 Å². The maximum atomic E-state index is 12.8. The van der Waals surface area contributed by atoms with Crippen LogP contribution >= 0.6 is 0 Å². The first-order chi connectivity index (χ1) is 8.34. The fourth-order valence-electron chi connectivity index (χ4n) is 1.84. The largest absolute Gasteiger partial charge is 0.454 e. The number of esters is 1. The Labute approximate surface area is 97.7 Å². The number of hydrogen-bond acceptors (Lipinski definition) is 5. The van der Waals surface area contributed by atoms with Crippen LogP contribution in [0.15, 0.2) is 12.1 Å². The molecule has 0 saturated heterocycles. The Kier molecular flexibility index (Phi) is 1.91. The van der Waals surface area contributed by atoms with E-state index < -0.39 is 23.3 Å². The van der Waals surface area contributed by atoms with Crippen molar-refractivity contribution in [2.75, 3.05) is 6.79 Å². The van der Waals surface area contributed by atoms with Gasteiger partial charge in [0.05, 0.1) is 5.56 Å². The molecule has 1 aromatic rings. The Balaban J connectivity index is 2.21. The molecule has 0 amide bonds. The number of benzene rings is 1. The number of fused-ring (bicyclic) bond motifs is 2. The van der Waals surface area contributed by atoms with Crippen LogP contribution in [0.3, 0.4) is 0 Å². The molecule has 96 valence electrons. The summed E-state index contributed by atoms with van der Waals surface area (Å²) < 4.78 is 52.7. The molecule has 0 unspecified atom stereocenters. The van der Waals surface area contributed by atoms with Crippen LogP contribution in [0.1, 0.15) is 5.56 Å². The molecule has 1 aromatic carbocycles. The first-order valence-electron chi connectivity index (χ1n) is 4.79. The number of alkyl halides is 3. The second kappa shape index (κ2) is 3.08. The van der Waals surface area contributed by atoms with Gasteiger partial charge in [-0.15, -0.1) is 0 Å². The van der Waals surface area contributed by atoms with Crippen molar-refractivity contribution >= 4 is 5.97 Å². The van der Waals surface area contributed by atoms with Crippen molar-refractivity contribution < 1.29 is 37.3 Å². The summed E-state index contributed by atoms with van der Waals surface area (Å²) in [7, 11) is 0. The summed E-state index contributed by atoms with van der Waals surface area (Å²) in [6.45, 7) is -0.142. The topological polar surface area (TPSA) is 65.0 Å². The molecule has 0 aromatic heterocycles. The molecule has 3 rings (SSSR count). The lowest BCUT2D eigenvalue weighted by molar-refractivity contribution is -0.258. The molecule has 0 bridgehead atoms. The number of aliphatic hydroxyl groups is 1. The molecular weight excluding hydrogens is 257 g/mol. The van der Waals surface area contributed by atoms with Crippen LogP contribution < -0.4 is 14.2 Å². The van der Waals surface area contributed by atoms with Gasteiger partial charge in [-0.05, 0) is 6.07 Å². The van der Waals surface area contributed by atoms with Crippen molar-refractivity contribution in [1.82, 2.24) is 0 Å². The predicted octanol–water partition coefficient (Wildman–Crippen LogP) is 1.08. The summed E-state index contributed by atoms with van der Waals surface area (Å²) in [4.78, 5) is 11.3. The summed E-state index contributed by atoms with van der Waals surface area (Å²) in [5.74, 6) is -1.99. The summed E-state index contributed by atoms with van der Waals surface area (Å²) in [6, 6.07) is 1.98. The fraction of sp³-hybridized carbons (Fsp3) is 0.300. The Hall–Kier alpha value is -1.96. The standard InChI is InChI=1S/C10H5F3O5/c11-10(12,13)9(15)4-1-6-7(17-3-16-6)2-5(4)18-8(9)14/h1-2,15H,3H2/t9-/m0/s1. The maximum absolute atomic E-state index is 12.8. The summed E-state index contributed by atoms with van der Waals surface area (Å²) in [5.41, 5.74) is -4.35. The summed E-state index contributed by atoms with van der Waals surface area (Å²) in [5, 5.41) is 9.58. The van der Waals surface area contributed by atoms with Gasteiger partial charge in [0.2, 0.25) is 6.79 Å². The van der Waals surface area contributed by atoms with Crippen LogP contribution in [0.2, 0.25) is 0 Å². The normalized spacial score (nSPS) is 25.0. The highest BCUT2D eigenvalue weighted by Crippen LogP contribution is 2.51. The number of rotatable bonds is 0. The van der Waals surface area contributed by atoms with Gasteiger partial charge >= 0.3 is 12.1 Å². The van der Waals surface area contributed by atoms with Gasteiger partial charge in [0, 0.05) is 6.07 Å². The number of carbonyl (C=O) groups is 1. The monoisotopic (exact) mass is 262 g/mol. The van der Waals surface area contributed by atoms with Gasteiger partial charge < -0.3 is 19.3 Å². The van der Waals surface area contributed by atoms with E-state index in [0.717, 1.165) is 12.1 Å². The van der Waals surface area contributed by atoms with E-state index >= 15 is 0 Å². The minimum atomic E-state index is -5.18. The third kappa shape index (κ3) is 1.18. The van der Waals surface area contributed by atoms with Crippen molar-refractivity contribution in [3.05, 3.63) is 17.7 Å². The zero-order chi connectivity index (χ0) is 13.1. The third-order valence-electron chi connectivity index (χ3n) is 2.77. The van der Waals surface area contributed by atoms with E-state index in [-0.39, 0.29) is 24.0 Å². The highest BCUT2D eigenvalue weighted by Gasteiger charge is 2.66. The second-order valence-electron chi connectivity index (χ2n) is 3.80. The van der Waals surface area contributed by atoms with E-state index in [1.165, 1.54) is 0 Å². The number of ether oxygens (including phenoxy) is 3. The van der Waals surface area contributed by atoms with Crippen molar-refractivity contribution in [3.8, 4) is 17.2 Å². The predicted molar refractivity (Wildman–Crippen MR) is 48.2 cm³/mol. The molecule has 0 radical (unpaired) electrons. The van der Waals surface area contributed by atoms with E-state index in [2.05, 4.69) is 4.74 Å². The van der Waals surface area contributed by atoms with Crippen LogP contribution in [0.25, 0.3) is 0 Å². The van der Waals surface area contributed by atoms with Crippen LogP contribution in [-0.4, -0.2) is 24.0 Å². The average Bonchev–Trinajstić information content (AvgIpc) is 2.80. The maximum Gasteiger partial charge on any atom is 0.432 e. The van der Waals surface area contributed by atoms with Gasteiger partial charge in [0.1, 0.15) is 5.75 Å². The minimum absolute atomic E-state index is 0.0229. The van der Waals surface area contributed by atoms with Crippen molar-refractivity contribution in [1.29, 1.82) is 0 Å². The van der Waals surface area contributed by atoms with Gasteiger partial charge in [-0.25, -0.2) is 4.79 Å². The van der Waals surface area contributed by atoms with Crippen LogP contribution in [0, 0.1) is 0 Å². The minimum Gasteiger partial charge on any atom is -0.454 e. The Morgan fingerprint density at radius 1 is 1.17 bits per heavy atom. The fourth-order valence-corrected chi connectivity index (χ4v) is 1.84. The van der Waals surface area contributed by atoms with Gasteiger partial charge in [0.15, 0.2) is 11.5 Å². The Morgan fingerprint density at radius 2 is 1.78 bits per heavy atom. The van der Waals surface area contributed by atoms with Crippen LogP contribution in [0.5, 0.6) is 17.2 Å². The zero-order valence-corrected chi connectivity index (χ0v) is 8.58. The first-order valence-corrected chi connectivity index (χ1v) is 4.79. The molecule has 2 heterocycles. The average molecular weight is 262 g/mol. The van der Waals surface area contributed by atoms with E-state index in [0.29, 0.717) is 0 Å². The molecular formula is C10H5F3O5. The molecule has 2 aliphatic heterocycles. The molecule has 0 aliphatic carbocycles. The Morgan fingerprint density at radius 3 is 2.39 bits per heavy atom. The molecule has 18 heavy (non-hydrogen) atoms. The highest BCUT2D eigenvalue weighted by molar-refractivity contribution is 5.90. The van der Waals surface area contributed by atoms with Gasteiger partial charge in [-0.2, -0.15) is 13.2 Å². The molecule has 1 atom stereocenters. The highest BCUT2D eigenvalue weighted by atomic mass is 19.4. The molecule has 1 N–H and O–H groups in total. The molecule has 0 saturated carbocycles. The molecule has 8 heteroatoms. The summed E-state index contributed by atoms with van der Waals surface area (Å²) >= 11 is 0. The van der Waals surface area contributed by atoms with Crippen molar-refractivity contribution in [2.45, 2.75) is 11.8 Å². The number of hydrogen-bond donors (Lipinski definition) is 1. The van der Waals surface area contributed by atoms with E-state index in [1.54, 1.807) is 0 Å². The van der Waals surface area contributed by atoms with E-state index in [9.17, 15) is 23.1 Å². The lowest BCUT2D eigenvalue weighted by Crippen LogP contribution is -2.47. The van der Waals surface area contributed by atoms with Crippen LogP contribution in [0.4, 0.5) is 13.2 Å². The van der Waals surface area contributed by atoms with Crippen molar-refractivity contribution in [2.24, 2.45) is 0 Å². The van der Waals surface area contributed by atoms with Crippen molar-refractivity contribution in [3.63, 3.8) is 0 Å². The molecule has 0 spiro atoms. The van der Waals surface area contributed by atoms with Gasteiger partial charge in [0.25, 0.3) is 5.60 Å². The lowest BCUT2D eigenvalue weighted by Gasteiger charge is -2.22. The molecule has 0 fully saturated rings. The molecule has 5 nitrogen and oxygen atoms in total. The first kappa shape index (κ1) is 11.1. The quantitative estimate of drug-likeness (QED) is 0.560. The number of carbonyl (C=O) groups excluding carboxylic acids is 1. The van der Waals surface area contributed by atoms with E-state index in [1.807, 2.05) is 0 Å². The van der Waals surface area contributed by atoms with Gasteiger partial charge in [-0.1, -0.05) is 0 Å². The molecule has 2 aliphatic rings.